The third-order valence-electron chi connectivity index (χ3n) is 4.15. The standard InChI is InChI=1S/C22H15BrN2O4/c23-17-6-2-4-8-19(17)28-13-20(26)24-15-11-9-14(10-12-15)21-25-18-7-3-1-5-16(18)22(27)29-21/h1-12H,13H2,(H,24,26). The van der Waals surface area contributed by atoms with Crippen LogP contribution in [0.1, 0.15) is 0 Å². The molecule has 7 heteroatoms. The topological polar surface area (TPSA) is 81.4 Å². The summed E-state index contributed by atoms with van der Waals surface area (Å²) in [5.41, 5.74) is 1.36. The molecule has 6 nitrogen and oxygen atoms in total. The van der Waals surface area contributed by atoms with Crippen molar-refractivity contribution in [3.05, 3.63) is 87.7 Å². The Balaban J connectivity index is 1.45. The van der Waals surface area contributed by atoms with Gasteiger partial charge in [0, 0.05) is 11.3 Å². The van der Waals surface area contributed by atoms with Crippen LogP contribution in [0.25, 0.3) is 22.4 Å². The summed E-state index contributed by atoms with van der Waals surface area (Å²) in [4.78, 5) is 28.6. The summed E-state index contributed by atoms with van der Waals surface area (Å²) >= 11 is 3.37. The molecule has 0 aliphatic heterocycles. The van der Waals surface area contributed by atoms with Crippen molar-refractivity contribution in [1.29, 1.82) is 0 Å². The van der Waals surface area contributed by atoms with Crippen molar-refractivity contribution >= 4 is 38.4 Å². The lowest BCUT2D eigenvalue weighted by atomic mass is 10.2. The van der Waals surface area contributed by atoms with Gasteiger partial charge in [-0.1, -0.05) is 24.3 Å². The van der Waals surface area contributed by atoms with Crippen molar-refractivity contribution in [2.45, 2.75) is 0 Å². The molecular weight excluding hydrogens is 436 g/mol. The number of nitrogens with one attached hydrogen (secondary N) is 1. The average molecular weight is 451 g/mol. The molecule has 1 aromatic heterocycles. The largest absolute Gasteiger partial charge is 0.483 e. The lowest BCUT2D eigenvalue weighted by molar-refractivity contribution is -0.118. The van der Waals surface area contributed by atoms with Crippen molar-refractivity contribution in [3.8, 4) is 17.2 Å². The fraction of sp³-hybridized carbons (Fsp3) is 0.0455. The van der Waals surface area contributed by atoms with E-state index in [-0.39, 0.29) is 18.4 Å². The van der Waals surface area contributed by atoms with Crippen LogP contribution in [-0.2, 0) is 4.79 Å². The van der Waals surface area contributed by atoms with Crippen LogP contribution in [0, 0.1) is 0 Å². The molecule has 0 radical (unpaired) electrons. The molecule has 144 valence electrons. The van der Waals surface area contributed by atoms with Gasteiger partial charge in [-0.3, -0.25) is 4.79 Å². The molecule has 1 amide bonds. The van der Waals surface area contributed by atoms with Crippen LogP contribution in [0.3, 0.4) is 0 Å². The summed E-state index contributed by atoms with van der Waals surface area (Å²) in [7, 11) is 0. The van der Waals surface area contributed by atoms with E-state index < -0.39 is 5.63 Å². The highest BCUT2D eigenvalue weighted by molar-refractivity contribution is 9.10. The first-order valence-corrected chi connectivity index (χ1v) is 9.57. The van der Waals surface area contributed by atoms with Crippen LogP contribution in [0.5, 0.6) is 5.75 Å². The highest BCUT2D eigenvalue weighted by atomic mass is 79.9. The first kappa shape index (κ1) is 18.9. The average Bonchev–Trinajstić information content (AvgIpc) is 2.74. The van der Waals surface area contributed by atoms with E-state index in [0.717, 1.165) is 4.47 Å². The Labute approximate surface area is 174 Å². The van der Waals surface area contributed by atoms with Gasteiger partial charge in [0.1, 0.15) is 5.75 Å². The number of hydrogen-bond donors (Lipinski definition) is 1. The van der Waals surface area contributed by atoms with Gasteiger partial charge in [0.05, 0.1) is 15.4 Å². The predicted molar refractivity (Wildman–Crippen MR) is 114 cm³/mol. The van der Waals surface area contributed by atoms with Gasteiger partial charge in [-0.2, -0.15) is 0 Å². The summed E-state index contributed by atoms with van der Waals surface area (Å²) in [6.45, 7) is -0.120. The molecule has 0 unspecified atom stereocenters. The number of para-hydroxylation sites is 2. The predicted octanol–water partition coefficient (Wildman–Crippen LogP) is 4.64. The maximum absolute atomic E-state index is 12.1. The van der Waals surface area contributed by atoms with Crippen molar-refractivity contribution in [1.82, 2.24) is 4.98 Å². The van der Waals surface area contributed by atoms with Crippen LogP contribution in [0.4, 0.5) is 5.69 Å². The molecule has 0 saturated heterocycles. The monoisotopic (exact) mass is 450 g/mol. The molecule has 4 aromatic rings. The van der Waals surface area contributed by atoms with Gasteiger partial charge in [0.25, 0.3) is 5.91 Å². The summed E-state index contributed by atoms with van der Waals surface area (Å²) in [5.74, 6) is 0.531. The maximum atomic E-state index is 12.1. The Morgan fingerprint density at radius 1 is 1.00 bits per heavy atom. The molecule has 1 heterocycles. The molecule has 0 atom stereocenters. The van der Waals surface area contributed by atoms with E-state index in [2.05, 4.69) is 26.2 Å². The summed E-state index contributed by atoms with van der Waals surface area (Å²) < 4.78 is 11.6. The van der Waals surface area contributed by atoms with Crippen molar-refractivity contribution in [2.24, 2.45) is 0 Å². The molecule has 4 rings (SSSR count). The van der Waals surface area contributed by atoms with Crippen LogP contribution in [0.2, 0.25) is 0 Å². The van der Waals surface area contributed by atoms with Crippen LogP contribution < -0.4 is 15.7 Å². The smallest absolute Gasteiger partial charge is 0.347 e. The van der Waals surface area contributed by atoms with E-state index >= 15 is 0 Å². The molecule has 29 heavy (non-hydrogen) atoms. The molecule has 0 aliphatic carbocycles. The number of amides is 1. The van der Waals surface area contributed by atoms with Crippen molar-refractivity contribution < 1.29 is 13.9 Å². The minimum absolute atomic E-state index is 0.120. The van der Waals surface area contributed by atoms with Gasteiger partial charge in [-0.05, 0) is 64.5 Å². The zero-order valence-corrected chi connectivity index (χ0v) is 16.7. The molecule has 0 bridgehead atoms. The number of aromatic nitrogens is 1. The van der Waals surface area contributed by atoms with Gasteiger partial charge in [-0.25, -0.2) is 9.78 Å². The fourth-order valence-corrected chi connectivity index (χ4v) is 3.14. The number of fused-ring (bicyclic) bond motifs is 1. The second kappa shape index (κ2) is 8.28. The zero-order valence-electron chi connectivity index (χ0n) is 15.1. The van der Waals surface area contributed by atoms with Gasteiger partial charge in [-0.15, -0.1) is 0 Å². The first-order valence-electron chi connectivity index (χ1n) is 8.78. The Morgan fingerprint density at radius 2 is 1.72 bits per heavy atom. The maximum Gasteiger partial charge on any atom is 0.347 e. The van der Waals surface area contributed by atoms with Crippen molar-refractivity contribution in [3.63, 3.8) is 0 Å². The molecule has 0 spiro atoms. The molecule has 0 saturated carbocycles. The summed E-state index contributed by atoms with van der Waals surface area (Å²) in [6, 6.07) is 21.2. The third kappa shape index (κ3) is 4.35. The Morgan fingerprint density at radius 3 is 2.52 bits per heavy atom. The van der Waals surface area contributed by atoms with E-state index in [4.69, 9.17) is 9.15 Å². The number of rotatable bonds is 5. The van der Waals surface area contributed by atoms with Crippen LogP contribution >= 0.6 is 15.9 Å². The minimum Gasteiger partial charge on any atom is -0.483 e. The number of halogens is 1. The van der Waals surface area contributed by atoms with Crippen LogP contribution in [0.15, 0.2) is 86.5 Å². The molecule has 3 aromatic carbocycles. The van der Waals surface area contributed by atoms with Gasteiger partial charge < -0.3 is 14.5 Å². The number of benzene rings is 3. The number of carbonyl (C=O) groups excluding carboxylic acids is 1. The van der Waals surface area contributed by atoms with E-state index in [9.17, 15) is 9.59 Å². The van der Waals surface area contributed by atoms with Gasteiger partial charge >= 0.3 is 5.63 Å². The van der Waals surface area contributed by atoms with Crippen molar-refractivity contribution in [2.75, 3.05) is 11.9 Å². The Hall–Kier alpha value is -3.45. The summed E-state index contributed by atoms with van der Waals surface area (Å²) in [5, 5.41) is 3.19. The lowest BCUT2D eigenvalue weighted by Crippen LogP contribution is -2.20. The van der Waals surface area contributed by atoms with E-state index in [1.807, 2.05) is 24.3 Å². The number of anilines is 1. The quantitative estimate of drug-likeness (QED) is 0.479. The van der Waals surface area contributed by atoms with Gasteiger partial charge in [0.2, 0.25) is 5.89 Å². The first-order chi connectivity index (χ1) is 14.1. The Kier molecular flexibility index (Phi) is 5.39. The normalized spacial score (nSPS) is 10.7. The number of carbonyl (C=O) groups is 1. The van der Waals surface area contributed by atoms with E-state index in [1.54, 1.807) is 48.5 Å². The fourth-order valence-electron chi connectivity index (χ4n) is 2.74. The Bertz CT molecular complexity index is 1240. The van der Waals surface area contributed by atoms with E-state index in [0.29, 0.717) is 27.9 Å². The SMILES string of the molecule is O=C(COc1ccccc1Br)Nc1ccc(-c2nc3ccccc3c(=O)o2)cc1. The molecule has 0 aliphatic rings. The zero-order chi connectivity index (χ0) is 20.2. The number of hydrogen-bond acceptors (Lipinski definition) is 5. The summed E-state index contributed by atoms with van der Waals surface area (Å²) in [6.07, 6.45) is 0. The van der Waals surface area contributed by atoms with Gasteiger partial charge in [0.15, 0.2) is 6.61 Å². The highest BCUT2D eigenvalue weighted by Gasteiger charge is 2.09. The van der Waals surface area contributed by atoms with E-state index in [1.165, 1.54) is 0 Å². The highest BCUT2D eigenvalue weighted by Crippen LogP contribution is 2.24. The molecule has 1 N–H and O–H groups in total. The molecule has 0 fully saturated rings. The minimum atomic E-state index is -0.438. The van der Waals surface area contributed by atoms with Crippen LogP contribution in [-0.4, -0.2) is 17.5 Å². The third-order valence-corrected chi connectivity index (χ3v) is 4.80. The number of nitrogens with zero attached hydrogens (tertiary/aromatic N) is 1. The second-order valence-corrected chi connectivity index (χ2v) is 7.02. The lowest BCUT2D eigenvalue weighted by Gasteiger charge is -2.09. The molecular formula is C22H15BrN2O4. The number of ether oxygens (including phenoxy) is 1. The second-order valence-electron chi connectivity index (χ2n) is 6.17.